The Kier molecular flexibility index (Phi) is 7.08. The summed E-state index contributed by atoms with van der Waals surface area (Å²) in [5.41, 5.74) is 6.20. The maximum absolute atomic E-state index is 12.5. The third-order valence-electron chi connectivity index (χ3n) is 4.31. The number of carbonyl (C=O) groups excluding carboxylic acids is 2. The first-order valence-corrected chi connectivity index (χ1v) is 10.3. The number of carbonyl (C=O) groups is 2. The highest BCUT2D eigenvalue weighted by Crippen LogP contribution is 2.24. The van der Waals surface area contributed by atoms with E-state index in [0.29, 0.717) is 28.8 Å². The van der Waals surface area contributed by atoms with Crippen LogP contribution in [0.25, 0.3) is 0 Å². The Morgan fingerprint density at radius 3 is 2.47 bits per heavy atom. The summed E-state index contributed by atoms with van der Waals surface area (Å²) in [4.78, 5) is 23.7. The van der Waals surface area contributed by atoms with Crippen molar-refractivity contribution in [1.82, 2.24) is 14.8 Å². The van der Waals surface area contributed by atoms with Crippen molar-refractivity contribution in [1.29, 1.82) is 0 Å². The molecule has 0 radical (unpaired) electrons. The molecule has 0 aliphatic heterocycles. The number of para-hydroxylation sites is 1. The molecule has 9 heteroatoms. The van der Waals surface area contributed by atoms with Crippen LogP contribution >= 0.6 is 11.8 Å². The van der Waals surface area contributed by atoms with Gasteiger partial charge in [0.05, 0.1) is 5.25 Å². The van der Waals surface area contributed by atoms with Crippen LogP contribution in [0.2, 0.25) is 0 Å². The molecule has 0 aliphatic rings. The molecule has 0 saturated heterocycles. The van der Waals surface area contributed by atoms with Gasteiger partial charge in [0.2, 0.25) is 11.8 Å². The SMILES string of the molecule is CCn1c(COc2ccccc2)nnc1SC(C)C(=O)Nc1ccc(C(N)=O)cc1. The predicted molar refractivity (Wildman–Crippen MR) is 115 cm³/mol. The highest BCUT2D eigenvalue weighted by atomic mass is 32.2. The second-order valence-electron chi connectivity index (χ2n) is 6.44. The van der Waals surface area contributed by atoms with E-state index >= 15 is 0 Å². The Hall–Kier alpha value is -3.33. The molecule has 2 amide bonds. The summed E-state index contributed by atoms with van der Waals surface area (Å²) in [6, 6.07) is 15.9. The zero-order valence-electron chi connectivity index (χ0n) is 16.7. The summed E-state index contributed by atoms with van der Waals surface area (Å²) in [5, 5.41) is 11.5. The van der Waals surface area contributed by atoms with Crippen LogP contribution < -0.4 is 15.8 Å². The lowest BCUT2D eigenvalue weighted by atomic mass is 10.2. The van der Waals surface area contributed by atoms with Gasteiger partial charge in [-0.25, -0.2) is 0 Å². The fraction of sp³-hybridized carbons (Fsp3) is 0.238. The summed E-state index contributed by atoms with van der Waals surface area (Å²) in [5.74, 6) is 0.758. The van der Waals surface area contributed by atoms with Crippen LogP contribution in [0.1, 0.15) is 30.0 Å². The molecule has 3 rings (SSSR count). The molecular formula is C21H23N5O3S. The third-order valence-corrected chi connectivity index (χ3v) is 5.39. The summed E-state index contributed by atoms with van der Waals surface area (Å²) >= 11 is 1.32. The van der Waals surface area contributed by atoms with Gasteiger partial charge in [-0.05, 0) is 50.2 Å². The van der Waals surface area contributed by atoms with E-state index in [1.54, 1.807) is 31.2 Å². The summed E-state index contributed by atoms with van der Waals surface area (Å²) in [6.07, 6.45) is 0. The minimum absolute atomic E-state index is 0.181. The van der Waals surface area contributed by atoms with Gasteiger partial charge in [-0.2, -0.15) is 0 Å². The number of amides is 2. The molecule has 1 aromatic heterocycles. The van der Waals surface area contributed by atoms with Crippen LogP contribution in [-0.2, 0) is 17.9 Å². The van der Waals surface area contributed by atoms with Crippen molar-refractivity contribution in [2.24, 2.45) is 5.73 Å². The number of primary amides is 1. The molecule has 0 aliphatic carbocycles. The number of hydrogen-bond donors (Lipinski definition) is 2. The van der Waals surface area contributed by atoms with Gasteiger partial charge < -0.3 is 20.4 Å². The topological polar surface area (TPSA) is 112 Å². The number of benzene rings is 2. The fourth-order valence-electron chi connectivity index (χ4n) is 2.67. The first kappa shape index (κ1) is 21.4. The summed E-state index contributed by atoms with van der Waals surface area (Å²) in [6.45, 7) is 4.74. The molecule has 30 heavy (non-hydrogen) atoms. The first-order valence-electron chi connectivity index (χ1n) is 9.45. The second kappa shape index (κ2) is 9.93. The Morgan fingerprint density at radius 1 is 1.13 bits per heavy atom. The van der Waals surface area contributed by atoms with E-state index in [4.69, 9.17) is 10.5 Å². The maximum Gasteiger partial charge on any atom is 0.248 e. The normalized spacial score (nSPS) is 11.7. The molecule has 156 valence electrons. The molecule has 8 nitrogen and oxygen atoms in total. The molecule has 3 aromatic rings. The van der Waals surface area contributed by atoms with Crippen molar-refractivity contribution in [3.8, 4) is 5.75 Å². The number of hydrogen-bond acceptors (Lipinski definition) is 6. The van der Waals surface area contributed by atoms with Crippen LogP contribution in [0.5, 0.6) is 5.75 Å². The van der Waals surface area contributed by atoms with Crippen LogP contribution in [0.3, 0.4) is 0 Å². The first-order chi connectivity index (χ1) is 14.5. The molecule has 1 unspecified atom stereocenters. The Bertz CT molecular complexity index is 1010. The number of thioether (sulfide) groups is 1. The van der Waals surface area contributed by atoms with E-state index in [1.165, 1.54) is 11.8 Å². The lowest BCUT2D eigenvalue weighted by Crippen LogP contribution is -2.23. The van der Waals surface area contributed by atoms with Crippen molar-refractivity contribution >= 4 is 29.3 Å². The molecule has 1 atom stereocenters. The highest BCUT2D eigenvalue weighted by molar-refractivity contribution is 8.00. The lowest BCUT2D eigenvalue weighted by Gasteiger charge is -2.13. The molecule has 2 aromatic carbocycles. The fourth-order valence-corrected chi connectivity index (χ4v) is 3.60. The van der Waals surface area contributed by atoms with E-state index in [1.807, 2.05) is 41.8 Å². The maximum atomic E-state index is 12.5. The molecule has 0 fully saturated rings. The van der Waals surface area contributed by atoms with Gasteiger partial charge in [0, 0.05) is 17.8 Å². The van der Waals surface area contributed by atoms with Gasteiger partial charge in [0.25, 0.3) is 0 Å². The number of nitrogens with one attached hydrogen (secondary N) is 1. The highest BCUT2D eigenvalue weighted by Gasteiger charge is 2.20. The average molecular weight is 426 g/mol. The predicted octanol–water partition coefficient (Wildman–Crippen LogP) is 3.10. The van der Waals surface area contributed by atoms with Gasteiger partial charge in [-0.3, -0.25) is 9.59 Å². The lowest BCUT2D eigenvalue weighted by molar-refractivity contribution is -0.115. The number of aromatic nitrogens is 3. The van der Waals surface area contributed by atoms with Crippen LogP contribution in [-0.4, -0.2) is 31.8 Å². The van der Waals surface area contributed by atoms with Crippen molar-refractivity contribution < 1.29 is 14.3 Å². The standard InChI is InChI=1S/C21H23N5O3S/c1-3-26-18(13-29-17-7-5-4-6-8-17)24-25-21(26)30-14(2)20(28)23-16-11-9-15(10-12-16)19(22)27/h4-12,14H,3,13H2,1-2H3,(H2,22,27)(H,23,28). The molecule has 0 bridgehead atoms. The van der Waals surface area contributed by atoms with Crippen LogP contribution in [0.4, 0.5) is 5.69 Å². The molecular weight excluding hydrogens is 402 g/mol. The minimum Gasteiger partial charge on any atom is -0.486 e. The number of ether oxygens (including phenoxy) is 1. The summed E-state index contributed by atoms with van der Waals surface area (Å²) < 4.78 is 7.69. The summed E-state index contributed by atoms with van der Waals surface area (Å²) in [7, 11) is 0. The van der Waals surface area contributed by atoms with Gasteiger partial charge in [0.15, 0.2) is 11.0 Å². The number of nitrogens with zero attached hydrogens (tertiary/aromatic N) is 3. The Balaban J connectivity index is 1.61. The van der Waals surface area contributed by atoms with Crippen molar-refractivity contribution in [2.45, 2.75) is 37.4 Å². The molecule has 0 spiro atoms. The van der Waals surface area contributed by atoms with Crippen molar-refractivity contribution in [2.75, 3.05) is 5.32 Å². The monoisotopic (exact) mass is 425 g/mol. The van der Waals surface area contributed by atoms with Crippen molar-refractivity contribution in [3.05, 3.63) is 66.0 Å². The zero-order chi connectivity index (χ0) is 21.5. The zero-order valence-corrected chi connectivity index (χ0v) is 17.6. The van der Waals surface area contributed by atoms with Gasteiger partial charge in [0.1, 0.15) is 12.4 Å². The van der Waals surface area contributed by atoms with Gasteiger partial charge in [-0.1, -0.05) is 30.0 Å². The largest absolute Gasteiger partial charge is 0.486 e. The Morgan fingerprint density at radius 2 is 1.83 bits per heavy atom. The van der Waals surface area contributed by atoms with E-state index in [2.05, 4.69) is 15.5 Å². The molecule has 3 N–H and O–H groups in total. The van der Waals surface area contributed by atoms with Crippen LogP contribution in [0.15, 0.2) is 59.8 Å². The van der Waals surface area contributed by atoms with Crippen molar-refractivity contribution in [3.63, 3.8) is 0 Å². The van der Waals surface area contributed by atoms with E-state index in [0.717, 1.165) is 5.75 Å². The Labute approximate surface area is 178 Å². The van der Waals surface area contributed by atoms with E-state index in [-0.39, 0.29) is 12.5 Å². The minimum atomic E-state index is -0.511. The third kappa shape index (κ3) is 5.38. The smallest absolute Gasteiger partial charge is 0.248 e. The quantitative estimate of drug-likeness (QED) is 0.510. The number of nitrogens with two attached hydrogens (primary N) is 1. The second-order valence-corrected chi connectivity index (χ2v) is 7.74. The van der Waals surface area contributed by atoms with E-state index in [9.17, 15) is 9.59 Å². The molecule has 1 heterocycles. The van der Waals surface area contributed by atoms with E-state index < -0.39 is 11.2 Å². The van der Waals surface area contributed by atoms with Gasteiger partial charge in [-0.15, -0.1) is 10.2 Å². The van der Waals surface area contributed by atoms with Gasteiger partial charge >= 0.3 is 0 Å². The van der Waals surface area contributed by atoms with Crippen LogP contribution in [0, 0.1) is 0 Å². The number of anilines is 1. The average Bonchev–Trinajstić information content (AvgIpc) is 3.14. The number of rotatable bonds is 9. The molecule has 0 saturated carbocycles.